The number of piperidine rings is 1. The third kappa shape index (κ3) is 11.2. The molecule has 7 atom stereocenters. The molecule has 14 nitrogen and oxygen atoms in total. The molecule has 4 rings (SSSR count). The number of alkyl carbamates (subject to hydrolysis) is 1. The molecule has 0 aromatic heterocycles. The predicted octanol–water partition coefficient (Wildman–Crippen LogP) is 3.18. The van der Waals surface area contributed by atoms with Crippen LogP contribution in [0.15, 0.2) is 30.3 Å². The first kappa shape index (κ1) is 42.5. The van der Waals surface area contributed by atoms with Gasteiger partial charge in [-0.25, -0.2) is 4.79 Å². The molecular formula is C40H62N6O8. The van der Waals surface area contributed by atoms with Gasteiger partial charge in [0, 0.05) is 20.6 Å². The molecule has 54 heavy (non-hydrogen) atoms. The van der Waals surface area contributed by atoms with E-state index in [1.807, 2.05) is 0 Å². The number of ether oxygens (including phenoxy) is 1. The van der Waals surface area contributed by atoms with E-state index in [4.69, 9.17) is 4.74 Å². The highest BCUT2D eigenvalue weighted by molar-refractivity contribution is 5.94. The van der Waals surface area contributed by atoms with Gasteiger partial charge < -0.3 is 40.9 Å². The second kappa shape index (κ2) is 18.4. The number of amides is 6. The first-order chi connectivity index (χ1) is 25.4. The van der Waals surface area contributed by atoms with Gasteiger partial charge in [-0.2, -0.15) is 0 Å². The van der Waals surface area contributed by atoms with Crippen LogP contribution < -0.4 is 21.3 Å². The van der Waals surface area contributed by atoms with Gasteiger partial charge >= 0.3 is 6.09 Å². The van der Waals surface area contributed by atoms with Gasteiger partial charge in [-0.3, -0.25) is 24.0 Å². The zero-order chi connectivity index (χ0) is 39.8. The number of aliphatic hydroxyl groups is 1. The van der Waals surface area contributed by atoms with Gasteiger partial charge in [0.2, 0.25) is 23.6 Å². The molecule has 1 unspecified atom stereocenters. The monoisotopic (exact) mass is 754 g/mol. The number of nitrogens with one attached hydrogen (secondary N) is 4. The summed E-state index contributed by atoms with van der Waals surface area (Å²) in [7, 11) is 3.16. The Morgan fingerprint density at radius 1 is 0.963 bits per heavy atom. The van der Waals surface area contributed by atoms with Crippen molar-refractivity contribution in [1.29, 1.82) is 0 Å². The van der Waals surface area contributed by atoms with Crippen LogP contribution in [0.1, 0.15) is 110 Å². The summed E-state index contributed by atoms with van der Waals surface area (Å²) < 4.78 is 5.49. The molecule has 1 aliphatic carbocycles. The summed E-state index contributed by atoms with van der Waals surface area (Å²) in [4.78, 5) is 83.5. The number of aliphatic hydroxyl groups excluding tert-OH is 1. The van der Waals surface area contributed by atoms with Gasteiger partial charge in [-0.15, -0.1) is 0 Å². The molecule has 2 aliphatic heterocycles. The Labute approximate surface area is 319 Å². The van der Waals surface area contributed by atoms with Crippen LogP contribution in [0.25, 0.3) is 0 Å². The summed E-state index contributed by atoms with van der Waals surface area (Å²) in [6.45, 7) is 9.23. The van der Waals surface area contributed by atoms with E-state index in [1.165, 1.54) is 4.90 Å². The van der Waals surface area contributed by atoms with Crippen LogP contribution >= 0.6 is 0 Å². The highest BCUT2D eigenvalue weighted by atomic mass is 16.6. The second-order valence-corrected chi connectivity index (χ2v) is 16.9. The number of fused-ring (bicyclic) bond motifs is 3. The van der Waals surface area contributed by atoms with Crippen molar-refractivity contribution in [2.75, 3.05) is 27.2 Å². The normalized spacial score (nSPS) is 26.1. The minimum atomic E-state index is -1.69. The third-order valence-corrected chi connectivity index (χ3v) is 11.0. The fourth-order valence-corrected chi connectivity index (χ4v) is 7.93. The summed E-state index contributed by atoms with van der Waals surface area (Å²) in [6, 6.07) is 5.05. The quantitative estimate of drug-likeness (QED) is 0.268. The minimum absolute atomic E-state index is 0.0780. The Balaban J connectivity index is 1.50. The largest absolute Gasteiger partial charge is 0.444 e. The number of likely N-dealkylation sites (N-methyl/N-ethyl adjacent to an activating group) is 1. The molecule has 1 saturated carbocycles. The highest BCUT2D eigenvalue weighted by Crippen LogP contribution is 2.65. The van der Waals surface area contributed by atoms with Crippen LogP contribution in [-0.2, 0) is 28.7 Å². The fourth-order valence-electron chi connectivity index (χ4n) is 7.93. The van der Waals surface area contributed by atoms with Crippen molar-refractivity contribution in [2.24, 2.45) is 17.3 Å². The number of rotatable bonds is 8. The van der Waals surface area contributed by atoms with E-state index in [-0.39, 0.29) is 29.1 Å². The molecule has 1 aromatic rings. The van der Waals surface area contributed by atoms with E-state index < -0.39 is 66.2 Å². The van der Waals surface area contributed by atoms with Gasteiger partial charge in [0.15, 0.2) is 6.10 Å². The van der Waals surface area contributed by atoms with Gasteiger partial charge in [0.05, 0.1) is 12.6 Å². The average Bonchev–Trinajstić information content (AvgIpc) is 3.41. The van der Waals surface area contributed by atoms with Crippen LogP contribution in [-0.4, -0.2) is 108 Å². The maximum Gasteiger partial charge on any atom is 0.408 e. The molecular weight excluding hydrogens is 692 g/mol. The lowest BCUT2D eigenvalue weighted by molar-refractivity contribution is -0.143. The highest BCUT2D eigenvalue weighted by Gasteiger charge is 2.69. The van der Waals surface area contributed by atoms with Gasteiger partial charge in [-0.1, -0.05) is 95.5 Å². The van der Waals surface area contributed by atoms with Crippen molar-refractivity contribution in [2.45, 2.75) is 135 Å². The van der Waals surface area contributed by atoms with E-state index in [9.17, 15) is 33.9 Å². The molecule has 0 bridgehead atoms. The van der Waals surface area contributed by atoms with E-state index in [2.05, 4.69) is 35.1 Å². The maximum atomic E-state index is 14.2. The van der Waals surface area contributed by atoms with Crippen molar-refractivity contribution >= 4 is 35.6 Å². The van der Waals surface area contributed by atoms with Crippen molar-refractivity contribution in [3.05, 3.63) is 35.9 Å². The van der Waals surface area contributed by atoms with Crippen LogP contribution in [0.5, 0.6) is 0 Å². The van der Waals surface area contributed by atoms with Crippen LogP contribution in [0.2, 0.25) is 0 Å². The Morgan fingerprint density at radius 2 is 1.56 bits per heavy atom. The third-order valence-electron chi connectivity index (χ3n) is 11.0. The van der Waals surface area contributed by atoms with Gasteiger partial charge in [0.25, 0.3) is 5.91 Å². The number of carbonyl (C=O) groups excluding carboxylic acids is 6. The van der Waals surface area contributed by atoms with Crippen LogP contribution in [0.4, 0.5) is 4.79 Å². The Hall–Kier alpha value is -4.20. The number of nitrogens with zero attached hydrogens (tertiary/aromatic N) is 2. The van der Waals surface area contributed by atoms with Gasteiger partial charge in [-0.05, 0) is 56.4 Å². The summed E-state index contributed by atoms with van der Waals surface area (Å²) in [5, 5.41) is 22.2. The van der Waals surface area contributed by atoms with Crippen LogP contribution in [0, 0.1) is 17.3 Å². The Bertz CT molecular complexity index is 1490. The number of hydrogen-bond donors (Lipinski definition) is 5. The van der Waals surface area contributed by atoms with Crippen molar-refractivity contribution in [1.82, 2.24) is 31.1 Å². The first-order valence-electron chi connectivity index (χ1n) is 19.5. The second-order valence-electron chi connectivity index (χ2n) is 16.9. The molecule has 0 spiro atoms. The number of benzene rings is 1. The lowest BCUT2D eigenvalue weighted by Gasteiger charge is -2.34. The molecule has 5 N–H and O–H groups in total. The summed E-state index contributed by atoms with van der Waals surface area (Å²) >= 11 is 0. The topological polar surface area (TPSA) is 186 Å². The van der Waals surface area contributed by atoms with E-state index in [0.717, 1.165) is 44.9 Å². The number of hydrogen-bond acceptors (Lipinski definition) is 8. The van der Waals surface area contributed by atoms with Crippen molar-refractivity contribution < 1.29 is 38.6 Å². The average molecular weight is 755 g/mol. The summed E-state index contributed by atoms with van der Waals surface area (Å²) in [6.07, 6.45) is 5.42. The zero-order valence-corrected chi connectivity index (χ0v) is 33.1. The summed E-state index contributed by atoms with van der Waals surface area (Å²) in [5.41, 5.74) is -0.378. The Kier molecular flexibility index (Phi) is 14.5. The predicted molar refractivity (Wildman–Crippen MR) is 203 cm³/mol. The smallest absolute Gasteiger partial charge is 0.408 e. The Morgan fingerprint density at radius 3 is 2.15 bits per heavy atom. The molecule has 2 heterocycles. The van der Waals surface area contributed by atoms with Crippen molar-refractivity contribution in [3.63, 3.8) is 0 Å². The van der Waals surface area contributed by atoms with Crippen LogP contribution in [0.3, 0.4) is 0 Å². The lowest BCUT2D eigenvalue weighted by Crippen LogP contribution is -2.59. The van der Waals surface area contributed by atoms with E-state index >= 15 is 0 Å². The number of carbonyl (C=O) groups is 6. The standard InChI is InChI=1S/C40H62N6O8/c1-39(2,3)54-38(53)43-28-22-18-13-11-9-8-10-12-17-21-27(42-34(49)32-30-26(40(30,4)5)24-46(32)36(28)51)33(48)35(50)41-23-29(47)44-31(37(52)45(6)7)25-19-15-14-16-20-25/h14-16,19-20,26-28,30-33,48H,8-13,17-18,21-24H2,1-7H3,(H,41,50)(H,42,49)(H,43,53)(H,44,47)/t26-,27-,28-,30-,31-,32-,33?/m0/s1. The molecule has 14 heteroatoms. The SMILES string of the molecule is CN(C)C(=O)[C@@H](NC(=O)CNC(=O)C(O)[C@@H]1CCCCCCCCCC[C@H](NC(=O)OC(C)(C)C)C(=O)N2C[C@H]3[C@@H]([C@H]2C(=O)N1)C3(C)C)c1ccccc1. The van der Waals surface area contributed by atoms with E-state index in [1.54, 1.807) is 70.1 Å². The maximum absolute atomic E-state index is 14.2. The van der Waals surface area contributed by atoms with Crippen molar-refractivity contribution in [3.8, 4) is 0 Å². The van der Waals surface area contributed by atoms with E-state index in [0.29, 0.717) is 31.4 Å². The molecule has 300 valence electrons. The first-order valence-corrected chi connectivity index (χ1v) is 19.5. The zero-order valence-electron chi connectivity index (χ0n) is 33.1. The fraction of sp³-hybridized carbons (Fsp3) is 0.700. The summed E-state index contributed by atoms with van der Waals surface area (Å²) in [5.74, 6) is -2.70. The molecule has 0 radical (unpaired) electrons. The molecule has 3 fully saturated rings. The molecule has 6 amide bonds. The minimum Gasteiger partial charge on any atom is -0.444 e. The molecule has 2 saturated heterocycles. The lowest BCUT2D eigenvalue weighted by atomic mass is 9.97. The molecule has 1 aromatic carbocycles. The molecule has 3 aliphatic rings. The van der Waals surface area contributed by atoms with Gasteiger partial charge in [0.1, 0.15) is 23.7 Å².